The Labute approximate surface area is 211 Å². The van der Waals surface area contributed by atoms with Crippen molar-refractivity contribution in [3.8, 4) is 0 Å². The molecule has 2 aromatic heterocycles. The molecule has 180 valence electrons. The Hall–Kier alpha value is -3.18. The minimum Gasteiger partial charge on any atom is -0.338 e. The van der Waals surface area contributed by atoms with Crippen molar-refractivity contribution < 1.29 is 4.79 Å². The first-order valence-electron chi connectivity index (χ1n) is 12.4. The van der Waals surface area contributed by atoms with E-state index < -0.39 is 0 Å². The van der Waals surface area contributed by atoms with E-state index in [1.165, 1.54) is 18.4 Å². The van der Waals surface area contributed by atoms with Gasteiger partial charge >= 0.3 is 0 Å². The van der Waals surface area contributed by atoms with Gasteiger partial charge in [-0.2, -0.15) is 0 Å². The maximum absolute atomic E-state index is 13.4. The molecule has 35 heavy (non-hydrogen) atoms. The molecule has 5 rings (SSSR count). The van der Waals surface area contributed by atoms with Gasteiger partial charge in [0.1, 0.15) is 11.3 Å². The van der Waals surface area contributed by atoms with Crippen LogP contribution in [0, 0.1) is 18.8 Å². The Bertz CT molecular complexity index is 1310. The average Bonchev–Trinajstić information content (AvgIpc) is 3.61. The highest BCUT2D eigenvalue weighted by molar-refractivity contribution is 6.34. The van der Waals surface area contributed by atoms with Crippen molar-refractivity contribution in [1.82, 2.24) is 19.4 Å². The summed E-state index contributed by atoms with van der Waals surface area (Å²) in [6.07, 6.45) is 6.66. The van der Waals surface area contributed by atoms with Crippen LogP contribution in [0.1, 0.15) is 47.1 Å². The first-order valence-corrected chi connectivity index (χ1v) is 12.7. The summed E-state index contributed by atoms with van der Waals surface area (Å²) in [5, 5.41) is 0.563. The lowest BCUT2D eigenvalue weighted by Gasteiger charge is -2.26. The minimum absolute atomic E-state index is 0.119. The first kappa shape index (κ1) is 23.6. The number of aromatic nitrogens is 3. The molecule has 1 aliphatic rings. The van der Waals surface area contributed by atoms with E-state index >= 15 is 0 Å². The number of amides is 1. The average molecular weight is 487 g/mol. The van der Waals surface area contributed by atoms with Crippen LogP contribution in [0.3, 0.4) is 0 Å². The van der Waals surface area contributed by atoms with Gasteiger partial charge in [0.15, 0.2) is 0 Å². The highest BCUT2D eigenvalue weighted by atomic mass is 35.5. The number of pyridine rings is 1. The zero-order valence-corrected chi connectivity index (χ0v) is 21.1. The highest BCUT2D eigenvalue weighted by Crippen LogP contribution is 2.31. The van der Waals surface area contributed by atoms with Crippen LogP contribution in [0.5, 0.6) is 0 Å². The van der Waals surface area contributed by atoms with Crippen molar-refractivity contribution >= 4 is 28.5 Å². The van der Waals surface area contributed by atoms with E-state index in [0.717, 1.165) is 41.0 Å². The van der Waals surface area contributed by atoms with Crippen molar-refractivity contribution in [2.75, 3.05) is 13.1 Å². The van der Waals surface area contributed by atoms with E-state index in [4.69, 9.17) is 16.6 Å². The van der Waals surface area contributed by atoms with Crippen molar-refractivity contribution in [3.05, 3.63) is 94.5 Å². The molecule has 1 amide bonds. The monoisotopic (exact) mass is 486 g/mol. The van der Waals surface area contributed by atoms with Gasteiger partial charge in [-0.25, -0.2) is 4.98 Å². The van der Waals surface area contributed by atoms with E-state index in [-0.39, 0.29) is 11.8 Å². The Balaban J connectivity index is 1.39. The summed E-state index contributed by atoms with van der Waals surface area (Å²) in [5.74, 6) is 1.96. The topological polar surface area (TPSA) is 51.0 Å². The Morgan fingerprint density at radius 3 is 2.57 bits per heavy atom. The van der Waals surface area contributed by atoms with Gasteiger partial charge in [0.05, 0.1) is 16.7 Å². The number of halogens is 1. The van der Waals surface area contributed by atoms with Gasteiger partial charge in [-0.15, -0.1) is 0 Å². The third-order valence-corrected chi connectivity index (χ3v) is 6.98. The molecule has 0 aliphatic heterocycles. The summed E-state index contributed by atoms with van der Waals surface area (Å²) in [6, 6.07) is 18.3. The largest absolute Gasteiger partial charge is 0.338 e. The number of hydrogen-bond donors (Lipinski definition) is 0. The normalized spacial score (nSPS) is 14.3. The van der Waals surface area contributed by atoms with E-state index in [1.54, 1.807) is 6.20 Å². The Morgan fingerprint density at radius 2 is 1.86 bits per heavy atom. The molecule has 5 nitrogen and oxygen atoms in total. The van der Waals surface area contributed by atoms with Crippen LogP contribution >= 0.6 is 11.6 Å². The smallest absolute Gasteiger partial charge is 0.253 e. The molecule has 1 saturated carbocycles. The minimum atomic E-state index is 0.119. The number of carbonyl (C=O) groups excluding carboxylic acids is 1. The number of fused-ring (bicyclic) bond motifs is 1. The molecule has 1 atom stereocenters. The van der Waals surface area contributed by atoms with Crippen molar-refractivity contribution in [1.29, 1.82) is 0 Å². The van der Waals surface area contributed by atoms with E-state index in [1.807, 2.05) is 48.4 Å². The molecule has 2 heterocycles. The molecular weight excluding hydrogens is 456 g/mol. The summed E-state index contributed by atoms with van der Waals surface area (Å²) in [7, 11) is 0. The van der Waals surface area contributed by atoms with Crippen LogP contribution in [0.2, 0.25) is 5.02 Å². The molecule has 0 saturated heterocycles. The van der Waals surface area contributed by atoms with Gasteiger partial charge in [-0.05, 0) is 49.3 Å². The number of rotatable bonds is 9. The van der Waals surface area contributed by atoms with Crippen LogP contribution in [0.25, 0.3) is 11.0 Å². The lowest BCUT2D eigenvalue weighted by molar-refractivity contribution is 0.0722. The Morgan fingerprint density at radius 1 is 1.11 bits per heavy atom. The standard InChI is InChI=1S/C29H31ClN4O/c1-20-8-12-24(13-9-20)29(35)33(18-23-10-11-23)17-21(2)14-27-32-28-25(30)15-31-16-26(28)34(27)19-22-6-4-3-5-7-22/h3-9,12-13,15-16,21,23H,10-11,14,17-19H2,1-2H3. The fraction of sp³-hybridized carbons (Fsp3) is 0.345. The van der Waals surface area contributed by atoms with Crippen LogP contribution in [-0.2, 0) is 13.0 Å². The van der Waals surface area contributed by atoms with Gasteiger partial charge in [0.25, 0.3) is 5.91 Å². The second kappa shape index (κ2) is 10.2. The molecule has 1 aliphatic carbocycles. The first-order chi connectivity index (χ1) is 17.0. The third kappa shape index (κ3) is 5.57. The number of carbonyl (C=O) groups is 1. The van der Waals surface area contributed by atoms with Crippen molar-refractivity contribution in [2.45, 2.75) is 39.7 Å². The second-order valence-corrected chi connectivity index (χ2v) is 10.3. The lowest BCUT2D eigenvalue weighted by atomic mass is 10.0. The molecule has 2 aromatic carbocycles. The molecule has 0 spiro atoms. The number of hydrogen-bond acceptors (Lipinski definition) is 3. The molecule has 1 unspecified atom stereocenters. The third-order valence-electron chi connectivity index (χ3n) is 6.70. The zero-order chi connectivity index (χ0) is 24.4. The van der Waals surface area contributed by atoms with Gasteiger partial charge in [0.2, 0.25) is 0 Å². The summed E-state index contributed by atoms with van der Waals surface area (Å²) in [4.78, 5) is 24.7. The second-order valence-electron chi connectivity index (χ2n) is 9.92. The van der Waals surface area contributed by atoms with Gasteiger partial charge in [0, 0.05) is 37.8 Å². The SMILES string of the molecule is Cc1ccc(C(=O)N(CC(C)Cc2nc3c(Cl)cncc3n2Cc2ccccc2)CC2CC2)cc1. The van der Waals surface area contributed by atoms with Gasteiger partial charge in [-0.3, -0.25) is 9.78 Å². The van der Waals surface area contributed by atoms with Crippen LogP contribution < -0.4 is 0 Å². The predicted molar refractivity (Wildman–Crippen MR) is 141 cm³/mol. The lowest BCUT2D eigenvalue weighted by Crippen LogP contribution is -2.37. The summed E-state index contributed by atoms with van der Waals surface area (Å²) >= 11 is 6.46. The maximum atomic E-state index is 13.4. The Kier molecular flexibility index (Phi) is 6.87. The molecular formula is C29H31ClN4O. The number of imidazole rings is 1. The fourth-order valence-corrected chi connectivity index (χ4v) is 4.83. The predicted octanol–water partition coefficient (Wildman–Crippen LogP) is 6.17. The summed E-state index contributed by atoms with van der Waals surface area (Å²) < 4.78 is 2.22. The molecule has 6 heteroatoms. The molecule has 0 N–H and O–H groups in total. The maximum Gasteiger partial charge on any atom is 0.253 e. The van der Waals surface area contributed by atoms with E-state index in [9.17, 15) is 4.79 Å². The molecule has 0 bridgehead atoms. The summed E-state index contributed by atoms with van der Waals surface area (Å²) in [5.41, 5.74) is 4.84. The highest BCUT2D eigenvalue weighted by Gasteiger charge is 2.28. The van der Waals surface area contributed by atoms with E-state index in [0.29, 0.717) is 24.0 Å². The number of benzene rings is 2. The van der Waals surface area contributed by atoms with Crippen molar-refractivity contribution in [3.63, 3.8) is 0 Å². The van der Waals surface area contributed by atoms with Crippen LogP contribution in [0.15, 0.2) is 67.0 Å². The zero-order valence-electron chi connectivity index (χ0n) is 20.3. The van der Waals surface area contributed by atoms with Gasteiger partial charge < -0.3 is 9.47 Å². The van der Waals surface area contributed by atoms with Gasteiger partial charge in [-0.1, -0.05) is 66.6 Å². The van der Waals surface area contributed by atoms with E-state index in [2.05, 4.69) is 40.7 Å². The van der Waals surface area contributed by atoms with Crippen molar-refractivity contribution in [2.24, 2.45) is 11.8 Å². The van der Waals surface area contributed by atoms with Crippen LogP contribution in [0.4, 0.5) is 0 Å². The molecule has 4 aromatic rings. The quantitative estimate of drug-likeness (QED) is 0.284. The molecule has 0 radical (unpaired) electrons. The fourth-order valence-electron chi connectivity index (χ4n) is 4.64. The molecule has 1 fully saturated rings. The number of aryl methyl sites for hydroxylation is 1. The van der Waals surface area contributed by atoms with Crippen LogP contribution in [-0.4, -0.2) is 38.4 Å². The number of nitrogens with zero attached hydrogens (tertiary/aromatic N) is 4. The summed E-state index contributed by atoms with van der Waals surface area (Å²) in [6.45, 7) is 6.47.